The number of aromatic carboxylic acids is 1. The maximum atomic E-state index is 12.1. The molecule has 0 spiro atoms. The maximum absolute atomic E-state index is 12.1. The van der Waals surface area contributed by atoms with Crippen molar-refractivity contribution in [2.24, 2.45) is 5.10 Å². The molecule has 0 aliphatic rings. The molecule has 0 unspecified atom stereocenters. The molecule has 1 amide bonds. The Bertz CT molecular complexity index is 1060. The first-order valence-corrected chi connectivity index (χ1v) is 9.60. The molecule has 0 bridgehead atoms. The molecule has 3 aromatic rings. The van der Waals surface area contributed by atoms with Crippen LogP contribution in [0.4, 0.5) is 0 Å². The molecule has 0 saturated heterocycles. The van der Waals surface area contributed by atoms with Crippen molar-refractivity contribution in [1.29, 1.82) is 0 Å². The molecule has 0 fully saturated rings. The molecule has 2 N–H and O–H groups in total. The van der Waals surface area contributed by atoms with Gasteiger partial charge in [0.05, 0.1) is 23.3 Å². The van der Waals surface area contributed by atoms with Gasteiger partial charge in [0.2, 0.25) is 11.4 Å². The highest BCUT2D eigenvalue weighted by Crippen LogP contribution is 2.27. The Morgan fingerprint density at radius 2 is 1.89 bits per heavy atom. The monoisotopic (exact) mass is 393 g/mol. The van der Waals surface area contributed by atoms with Crippen LogP contribution in [0.3, 0.4) is 0 Å². The smallest absolute Gasteiger partial charge is 0.250 e. The van der Waals surface area contributed by atoms with Crippen LogP contribution >= 0.6 is 11.8 Å². The van der Waals surface area contributed by atoms with Crippen molar-refractivity contribution < 1.29 is 19.7 Å². The quantitative estimate of drug-likeness (QED) is 0.393. The summed E-state index contributed by atoms with van der Waals surface area (Å²) < 4.78 is 0. The fourth-order valence-corrected chi connectivity index (χ4v) is 3.61. The lowest BCUT2D eigenvalue weighted by Crippen LogP contribution is -2.22. The Kier molecular flexibility index (Phi) is 6.06. The van der Waals surface area contributed by atoms with Crippen LogP contribution in [0.15, 0.2) is 58.5 Å². The number of carbonyl (C=O) groups excluding carboxylic acids is 2. The number of thioether (sulfide) groups is 1. The van der Waals surface area contributed by atoms with E-state index in [0.29, 0.717) is 5.56 Å². The van der Waals surface area contributed by atoms with Crippen molar-refractivity contribution in [1.82, 2.24) is 5.43 Å². The average molecular weight is 393 g/mol. The number of nitrogens with one attached hydrogen (secondary N) is 2. The van der Waals surface area contributed by atoms with Crippen molar-refractivity contribution in [3.8, 4) is 0 Å². The summed E-state index contributed by atoms with van der Waals surface area (Å²) in [5.74, 6) is -1.22. The van der Waals surface area contributed by atoms with Crippen molar-refractivity contribution in [2.45, 2.75) is 18.7 Å². The number of aromatic amines is 1. The SMILES string of the molecule is Cc1ccc2[nH+]c(C)cc(SCC(=O)N/N=C/c3ccc(C(=O)[O-])cc3)c2c1. The van der Waals surface area contributed by atoms with Crippen molar-refractivity contribution in [2.75, 3.05) is 5.75 Å². The van der Waals surface area contributed by atoms with Crippen molar-refractivity contribution >= 4 is 40.8 Å². The third kappa shape index (κ3) is 4.95. The van der Waals surface area contributed by atoms with Gasteiger partial charge in [-0.3, -0.25) is 4.79 Å². The molecule has 7 heteroatoms. The van der Waals surface area contributed by atoms with Crippen LogP contribution in [-0.4, -0.2) is 23.8 Å². The second-order valence-electron chi connectivity index (χ2n) is 6.36. The van der Waals surface area contributed by atoms with E-state index in [1.807, 2.05) is 32.0 Å². The van der Waals surface area contributed by atoms with Gasteiger partial charge < -0.3 is 9.90 Å². The van der Waals surface area contributed by atoms with Crippen molar-refractivity contribution in [3.63, 3.8) is 0 Å². The summed E-state index contributed by atoms with van der Waals surface area (Å²) in [6, 6.07) is 14.3. The lowest BCUT2D eigenvalue weighted by Gasteiger charge is -2.05. The number of carboxylic acids is 1. The zero-order valence-electron chi connectivity index (χ0n) is 15.5. The number of nitrogens with zero attached hydrogens (tertiary/aromatic N) is 1. The van der Waals surface area contributed by atoms with Crippen LogP contribution in [0.2, 0.25) is 0 Å². The van der Waals surface area contributed by atoms with Crippen LogP contribution in [0.25, 0.3) is 10.9 Å². The van der Waals surface area contributed by atoms with Gasteiger partial charge in [-0.25, -0.2) is 10.4 Å². The Hall–Kier alpha value is -3.19. The van der Waals surface area contributed by atoms with Gasteiger partial charge in [0.25, 0.3) is 0 Å². The number of aryl methyl sites for hydroxylation is 2. The molecule has 2 aromatic carbocycles. The third-order valence-corrected chi connectivity index (χ3v) is 5.08. The van der Waals surface area contributed by atoms with Gasteiger partial charge in [0, 0.05) is 24.0 Å². The van der Waals surface area contributed by atoms with Crippen LogP contribution in [-0.2, 0) is 4.79 Å². The zero-order valence-corrected chi connectivity index (χ0v) is 16.3. The van der Waals surface area contributed by atoms with E-state index in [9.17, 15) is 14.7 Å². The van der Waals surface area contributed by atoms with Gasteiger partial charge in [-0.15, -0.1) is 11.8 Å². The minimum atomic E-state index is -1.23. The highest BCUT2D eigenvalue weighted by molar-refractivity contribution is 8.00. The Morgan fingerprint density at radius 3 is 2.61 bits per heavy atom. The number of carbonyl (C=O) groups is 2. The number of rotatable bonds is 6. The number of H-pyrrole nitrogens is 1. The molecule has 142 valence electrons. The summed E-state index contributed by atoms with van der Waals surface area (Å²) in [6.07, 6.45) is 1.46. The van der Waals surface area contributed by atoms with E-state index in [2.05, 4.69) is 21.6 Å². The number of benzene rings is 2. The second kappa shape index (κ2) is 8.67. The summed E-state index contributed by atoms with van der Waals surface area (Å²) in [6.45, 7) is 4.02. The highest BCUT2D eigenvalue weighted by atomic mass is 32.2. The van der Waals surface area contributed by atoms with E-state index in [1.165, 1.54) is 30.1 Å². The van der Waals surface area contributed by atoms with Crippen LogP contribution in [0.1, 0.15) is 27.2 Å². The standard InChI is InChI=1S/C21H19N3O3S/c1-13-3-8-18-17(9-13)19(10-14(2)23-18)28-12-20(25)24-22-11-15-4-6-16(7-5-15)21(26)27/h3-11H,12H2,1-2H3,(H,24,25)(H,26,27)/b22-11+. The highest BCUT2D eigenvalue weighted by Gasteiger charge is 2.11. The lowest BCUT2D eigenvalue weighted by molar-refractivity contribution is -0.355. The summed E-state index contributed by atoms with van der Waals surface area (Å²) in [5, 5.41) is 15.7. The minimum absolute atomic E-state index is 0.0930. The number of hydrogen-bond donors (Lipinski definition) is 1. The fraction of sp³-hybridized carbons (Fsp3) is 0.143. The van der Waals surface area contributed by atoms with Crippen molar-refractivity contribution in [3.05, 3.63) is 70.9 Å². The average Bonchev–Trinajstić information content (AvgIpc) is 2.67. The number of hydrogen-bond acceptors (Lipinski definition) is 5. The van der Waals surface area contributed by atoms with E-state index in [4.69, 9.17) is 0 Å². The van der Waals surface area contributed by atoms with Crippen LogP contribution < -0.4 is 15.5 Å². The second-order valence-corrected chi connectivity index (χ2v) is 7.37. The van der Waals surface area contributed by atoms with Gasteiger partial charge in [0.15, 0.2) is 5.69 Å². The van der Waals surface area contributed by atoms with E-state index >= 15 is 0 Å². The molecule has 28 heavy (non-hydrogen) atoms. The number of fused-ring (bicyclic) bond motifs is 1. The van der Waals surface area contributed by atoms with Crippen LogP contribution in [0, 0.1) is 13.8 Å². The van der Waals surface area contributed by atoms with Gasteiger partial charge in [-0.05, 0) is 24.1 Å². The topological polar surface area (TPSA) is 95.7 Å². The van der Waals surface area contributed by atoms with E-state index in [0.717, 1.165) is 27.1 Å². The predicted octanol–water partition coefficient (Wildman–Crippen LogP) is 1.88. The molecule has 0 atom stereocenters. The first kappa shape index (κ1) is 19.6. The van der Waals surface area contributed by atoms with E-state index < -0.39 is 5.97 Å². The number of carboxylic acid groups (broad SMARTS) is 1. The van der Waals surface area contributed by atoms with Crippen LogP contribution in [0.5, 0.6) is 0 Å². The Labute approximate surface area is 166 Å². The molecule has 0 radical (unpaired) electrons. The summed E-state index contributed by atoms with van der Waals surface area (Å²) in [4.78, 5) is 27.2. The Morgan fingerprint density at radius 1 is 1.14 bits per heavy atom. The number of aromatic nitrogens is 1. The number of hydrazone groups is 1. The van der Waals surface area contributed by atoms with Gasteiger partial charge in [0.1, 0.15) is 0 Å². The maximum Gasteiger partial charge on any atom is 0.250 e. The molecule has 0 aliphatic carbocycles. The summed E-state index contributed by atoms with van der Waals surface area (Å²) in [7, 11) is 0. The molecular weight excluding hydrogens is 374 g/mol. The largest absolute Gasteiger partial charge is 0.545 e. The minimum Gasteiger partial charge on any atom is -0.545 e. The Balaban J connectivity index is 1.61. The van der Waals surface area contributed by atoms with Gasteiger partial charge >= 0.3 is 0 Å². The fourth-order valence-electron chi connectivity index (χ4n) is 2.67. The van der Waals surface area contributed by atoms with Gasteiger partial charge in [-0.1, -0.05) is 35.9 Å². The van der Waals surface area contributed by atoms with E-state index in [-0.39, 0.29) is 17.2 Å². The molecule has 3 rings (SSSR count). The molecule has 6 nitrogen and oxygen atoms in total. The van der Waals surface area contributed by atoms with E-state index in [1.54, 1.807) is 12.1 Å². The molecule has 0 aliphatic heterocycles. The predicted molar refractivity (Wildman–Crippen MR) is 107 cm³/mol. The normalized spacial score (nSPS) is 11.1. The molecule has 1 heterocycles. The molecule has 1 aromatic heterocycles. The summed E-state index contributed by atoms with van der Waals surface area (Å²) in [5.41, 5.74) is 6.47. The molecular formula is C21H19N3O3S. The zero-order chi connectivity index (χ0) is 20.1. The number of amides is 1. The lowest BCUT2D eigenvalue weighted by atomic mass is 10.1. The summed E-state index contributed by atoms with van der Waals surface area (Å²) >= 11 is 1.45. The first-order chi connectivity index (χ1) is 13.4. The number of pyridine rings is 1. The first-order valence-electron chi connectivity index (χ1n) is 8.62. The molecule has 0 saturated carbocycles. The third-order valence-electron chi connectivity index (χ3n) is 4.03. The van der Waals surface area contributed by atoms with Gasteiger partial charge in [-0.2, -0.15) is 5.10 Å².